The summed E-state index contributed by atoms with van der Waals surface area (Å²) in [6.07, 6.45) is 6.21. The molecule has 16 heavy (non-hydrogen) atoms. The topological polar surface area (TPSA) is 17.1 Å². The zero-order chi connectivity index (χ0) is 11.5. The van der Waals surface area contributed by atoms with Gasteiger partial charge in [-0.05, 0) is 41.6 Å². The summed E-state index contributed by atoms with van der Waals surface area (Å²) < 4.78 is 0. The summed E-state index contributed by atoms with van der Waals surface area (Å²) in [5.74, 6) is 2.56. The fourth-order valence-electron chi connectivity index (χ4n) is 1.69. The molecule has 1 aromatic carbocycles. The minimum absolute atomic E-state index is 0.589. The molecule has 2 rings (SSSR count). The predicted molar refractivity (Wildman–Crippen MR) is 67.8 cm³/mol. The summed E-state index contributed by atoms with van der Waals surface area (Å²) in [4.78, 5) is 12.1. The van der Waals surface area contributed by atoms with Gasteiger partial charge in [0.15, 0.2) is 6.29 Å². The van der Waals surface area contributed by atoms with Gasteiger partial charge in [-0.2, -0.15) is 0 Å². The van der Waals surface area contributed by atoms with Crippen molar-refractivity contribution in [2.45, 2.75) is 6.92 Å². The van der Waals surface area contributed by atoms with Crippen LogP contribution in [0.4, 0.5) is 0 Å². The van der Waals surface area contributed by atoms with Gasteiger partial charge in [-0.1, -0.05) is 12.0 Å². The third-order valence-electron chi connectivity index (χ3n) is 2.44. The molecule has 0 aliphatic rings. The molecule has 1 heterocycles. The van der Waals surface area contributed by atoms with Gasteiger partial charge in [0.25, 0.3) is 0 Å². The number of benzene rings is 1. The van der Waals surface area contributed by atoms with E-state index >= 15 is 0 Å². The van der Waals surface area contributed by atoms with Gasteiger partial charge in [0.1, 0.15) is 0 Å². The van der Waals surface area contributed by atoms with E-state index in [1.165, 1.54) is 0 Å². The molecule has 0 unspecified atom stereocenters. The standard InChI is InChI=1S/C14H10OS/c1-3-13-10(2)7-11(8-12(13)9-15)14-5-4-6-16-14/h1,4-9H,2H3. The van der Waals surface area contributed by atoms with Crippen LogP contribution >= 0.6 is 11.3 Å². The summed E-state index contributed by atoms with van der Waals surface area (Å²) >= 11 is 1.65. The SMILES string of the molecule is C#Cc1c(C)cc(-c2cccs2)cc1C=O. The molecule has 0 aliphatic carbocycles. The lowest BCUT2D eigenvalue weighted by Gasteiger charge is -2.05. The summed E-state index contributed by atoms with van der Waals surface area (Å²) in [7, 11) is 0. The molecule has 0 aliphatic heterocycles. The number of hydrogen-bond acceptors (Lipinski definition) is 2. The minimum atomic E-state index is 0.589. The molecular weight excluding hydrogens is 216 g/mol. The van der Waals surface area contributed by atoms with Gasteiger partial charge in [0, 0.05) is 16.0 Å². The van der Waals surface area contributed by atoms with Crippen LogP contribution in [0, 0.1) is 19.3 Å². The van der Waals surface area contributed by atoms with E-state index < -0.39 is 0 Å². The second-order valence-electron chi connectivity index (χ2n) is 3.50. The van der Waals surface area contributed by atoms with Crippen molar-refractivity contribution in [2.24, 2.45) is 0 Å². The van der Waals surface area contributed by atoms with Crippen molar-refractivity contribution < 1.29 is 4.79 Å². The first-order valence-corrected chi connectivity index (χ1v) is 5.74. The van der Waals surface area contributed by atoms with E-state index in [2.05, 4.69) is 5.92 Å². The third kappa shape index (κ3) is 1.78. The Balaban J connectivity index is 2.64. The van der Waals surface area contributed by atoms with Crippen LogP contribution in [-0.2, 0) is 0 Å². The van der Waals surface area contributed by atoms with Crippen LogP contribution < -0.4 is 0 Å². The number of hydrogen-bond donors (Lipinski definition) is 0. The van der Waals surface area contributed by atoms with Gasteiger partial charge in [0.2, 0.25) is 0 Å². The Morgan fingerprint density at radius 2 is 2.25 bits per heavy atom. The van der Waals surface area contributed by atoms with E-state index in [-0.39, 0.29) is 0 Å². The van der Waals surface area contributed by atoms with E-state index in [1.54, 1.807) is 11.3 Å². The maximum Gasteiger partial charge on any atom is 0.151 e. The molecule has 0 radical (unpaired) electrons. The van der Waals surface area contributed by atoms with Gasteiger partial charge >= 0.3 is 0 Å². The molecule has 0 saturated carbocycles. The number of carbonyl (C=O) groups excluding carboxylic acids is 1. The highest BCUT2D eigenvalue weighted by molar-refractivity contribution is 7.13. The maximum absolute atomic E-state index is 11.0. The molecule has 0 bridgehead atoms. The average Bonchev–Trinajstić information content (AvgIpc) is 2.81. The fraction of sp³-hybridized carbons (Fsp3) is 0.0714. The molecule has 0 atom stereocenters. The number of aldehydes is 1. The van der Waals surface area contributed by atoms with Crippen LogP contribution in [0.25, 0.3) is 10.4 Å². The smallest absolute Gasteiger partial charge is 0.151 e. The Kier molecular flexibility index (Phi) is 2.89. The van der Waals surface area contributed by atoms with Crippen LogP contribution in [0.3, 0.4) is 0 Å². The monoisotopic (exact) mass is 226 g/mol. The number of terminal acetylenes is 1. The normalized spacial score (nSPS) is 9.75. The highest BCUT2D eigenvalue weighted by Gasteiger charge is 2.07. The molecule has 2 heteroatoms. The van der Waals surface area contributed by atoms with E-state index in [9.17, 15) is 4.79 Å². The van der Waals surface area contributed by atoms with Gasteiger partial charge in [0.05, 0.1) is 0 Å². The first kappa shape index (κ1) is 10.7. The average molecular weight is 226 g/mol. The third-order valence-corrected chi connectivity index (χ3v) is 3.36. The minimum Gasteiger partial charge on any atom is -0.298 e. The van der Waals surface area contributed by atoms with Crippen molar-refractivity contribution in [3.05, 3.63) is 46.3 Å². The van der Waals surface area contributed by atoms with Crippen LogP contribution in [0.2, 0.25) is 0 Å². The molecule has 0 amide bonds. The molecule has 78 valence electrons. The Labute approximate surface area is 98.7 Å². The van der Waals surface area contributed by atoms with Gasteiger partial charge in [-0.15, -0.1) is 17.8 Å². The second-order valence-corrected chi connectivity index (χ2v) is 4.44. The zero-order valence-corrected chi connectivity index (χ0v) is 9.67. The Morgan fingerprint density at radius 3 is 2.81 bits per heavy atom. The second kappa shape index (κ2) is 4.34. The van der Waals surface area contributed by atoms with Crippen molar-refractivity contribution in [1.29, 1.82) is 0 Å². The van der Waals surface area contributed by atoms with E-state index in [4.69, 9.17) is 6.42 Å². The Hall–Kier alpha value is -1.85. The number of aryl methyl sites for hydroxylation is 1. The number of carbonyl (C=O) groups is 1. The van der Waals surface area contributed by atoms with Gasteiger partial charge in [-0.3, -0.25) is 4.79 Å². The molecule has 0 spiro atoms. The molecular formula is C14H10OS. The van der Waals surface area contributed by atoms with Crippen molar-refractivity contribution in [3.63, 3.8) is 0 Å². The lowest BCUT2D eigenvalue weighted by atomic mass is 9.99. The summed E-state index contributed by atoms with van der Waals surface area (Å²) in [5, 5.41) is 2.01. The Bertz CT molecular complexity index is 559. The van der Waals surface area contributed by atoms with Crippen molar-refractivity contribution in [1.82, 2.24) is 0 Å². The quantitative estimate of drug-likeness (QED) is 0.565. The highest BCUT2D eigenvalue weighted by Crippen LogP contribution is 2.28. The molecule has 0 fully saturated rings. The van der Waals surface area contributed by atoms with Gasteiger partial charge < -0.3 is 0 Å². The Morgan fingerprint density at radius 1 is 1.44 bits per heavy atom. The van der Waals surface area contributed by atoms with E-state index in [1.807, 2.05) is 36.6 Å². The fourth-order valence-corrected chi connectivity index (χ4v) is 2.40. The zero-order valence-electron chi connectivity index (χ0n) is 8.86. The molecule has 1 aromatic heterocycles. The van der Waals surface area contributed by atoms with Crippen LogP contribution in [0.5, 0.6) is 0 Å². The molecule has 0 N–H and O–H groups in total. The largest absolute Gasteiger partial charge is 0.298 e. The first-order valence-electron chi connectivity index (χ1n) is 4.86. The predicted octanol–water partition coefficient (Wildman–Crippen LogP) is 3.52. The maximum atomic E-state index is 11.0. The van der Waals surface area contributed by atoms with E-state index in [0.717, 1.165) is 22.3 Å². The van der Waals surface area contributed by atoms with Crippen molar-refractivity contribution in [2.75, 3.05) is 0 Å². The molecule has 1 nitrogen and oxygen atoms in total. The molecule has 0 saturated heterocycles. The lowest BCUT2D eigenvalue weighted by molar-refractivity contribution is 0.112. The van der Waals surface area contributed by atoms with Gasteiger partial charge in [-0.25, -0.2) is 0 Å². The first-order chi connectivity index (χ1) is 7.76. The number of rotatable bonds is 2. The lowest BCUT2D eigenvalue weighted by Crippen LogP contribution is -1.92. The van der Waals surface area contributed by atoms with Crippen LogP contribution in [-0.4, -0.2) is 6.29 Å². The molecule has 2 aromatic rings. The highest BCUT2D eigenvalue weighted by atomic mass is 32.1. The number of thiophene rings is 1. The summed E-state index contributed by atoms with van der Waals surface area (Å²) in [5.41, 5.74) is 3.30. The van der Waals surface area contributed by atoms with E-state index in [0.29, 0.717) is 11.1 Å². The summed E-state index contributed by atoms with van der Waals surface area (Å²) in [6, 6.07) is 7.89. The van der Waals surface area contributed by atoms with Crippen molar-refractivity contribution >= 4 is 17.6 Å². The van der Waals surface area contributed by atoms with Crippen LogP contribution in [0.1, 0.15) is 21.5 Å². The van der Waals surface area contributed by atoms with Crippen molar-refractivity contribution in [3.8, 4) is 22.8 Å². The van der Waals surface area contributed by atoms with Crippen LogP contribution in [0.15, 0.2) is 29.6 Å². The summed E-state index contributed by atoms with van der Waals surface area (Å²) in [6.45, 7) is 1.93.